The molecule has 0 spiro atoms. The van der Waals surface area contributed by atoms with Crippen LogP contribution in [0, 0.1) is 13.8 Å². The quantitative estimate of drug-likeness (QED) is 0.370. The number of pyridine rings is 1. The van der Waals surface area contributed by atoms with Gasteiger partial charge in [0.25, 0.3) is 0 Å². The highest BCUT2D eigenvalue weighted by atomic mass is 32.2. The van der Waals surface area contributed by atoms with Gasteiger partial charge in [-0.3, -0.25) is 14.3 Å². The van der Waals surface area contributed by atoms with Crippen LogP contribution in [0.4, 0.5) is 5.69 Å². The minimum Gasteiger partial charge on any atom is -0.493 e. The van der Waals surface area contributed by atoms with Gasteiger partial charge in [0.1, 0.15) is 0 Å². The van der Waals surface area contributed by atoms with Crippen molar-refractivity contribution in [3.63, 3.8) is 0 Å². The van der Waals surface area contributed by atoms with Crippen LogP contribution in [0.3, 0.4) is 0 Å². The average Bonchev–Trinajstić information content (AvgIpc) is 3.26. The molecule has 0 bridgehead atoms. The lowest BCUT2D eigenvalue weighted by Gasteiger charge is -2.13. The number of aryl methyl sites for hydroxylation is 2. The summed E-state index contributed by atoms with van der Waals surface area (Å²) in [7, 11) is 3.12. The second kappa shape index (κ2) is 10.4. The van der Waals surface area contributed by atoms with Crippen molar-refractivity contribution >= 4 is 23.4 Å². The number of aromatic nitrogens is 4. The van der Waals surface area contributed by atoms with Crippen LogP contribution in [0.15, 0.2) is 66.1 Å². The van der Waals surface area contributed by atoms with Crippen LogP contribution >= 0.6 is 11.8 Å². The lowest BCUT2D eigenvalue weighted by Crippen LogP contribution is -2.14. The van der Waals surface area contributed by atoms with Crippen LogP contribution in [0.5, 0.6) is 11.5 Å². The Balaban J connectivity index is 1.58. The first-order valence-corrected chi connectivity index (χ1v) is 11.6. The predicted octanol–water partition coefficient (Wildman–Crippen LogP) is 4.69. The minimum absolute atomic E-state index is 0.160. The molecule has 2 heterocycles. The molecule has 0 unspecified atom stereocenters. The normalized spacial score (nSPS) is 10.7. The zero-order valence-electron chi connectivity index (χ0n) is 19.4. The minimum atomic E-state index is -0.169. The first kappa shape index (κ1) is 23.3. The molecule has 0 fully saturated rings. The van der Waals surface area contributed by atoms with Crippen molar-refractivity contribution in [3.05, 3.63) is 72.1 Å². The van der Waals surface area contributed by atoms with E-state index in [9.17, 15) is 4.79 Å². The Morgan fingerprint density at radius 1 is 0.941 bits per heavy atom. The molecular formula is C25H25N5O3S. The number of benzene rings is 2. The van der Waals surface area contributed by atoms with Crippen LogP contribution in [0.1, 0.15) is 11.1 Å². The lowest BCUT2D eigenvalue weighted by molar-refractivity contribution is -0.113. The fourth-order valence-electron chi connectivity index (χ4n) is 3.61. The number of methoxy groups -OCH3 is 2. The molecule has 2 aromatic heterocycles. The van der Waals surface area contributed by atoms with Gasteiger partial charge in [-0.25, -0.2) is 0 Å². The van der Waals surface area contributed by atoms with Crippen molar-refractivity contribution in [1.29, 1.82) is 0 Å². The van der Waals surface area contributed by atoms with Gasteiger partial charge in [0, 0.05) is 29.7 Å². The number of nitrogens with zero attached hydrogens (tertiary/aromatic N) is 4. The fourth-order valence-corrected chi connectivity index (χ4v) is 4.36. The summed E-state index contributed by atoms with van der Waals surface area (Å²) in [5.74, 6) is 1.82. The molecule has 0 aliphatic heterocycles. The van der Waals surface area contributed by atoms with Gasteiger partial charge in [-0.1, -0.05) is 17.8 Å². The third-order valence-corrected chi connectivity index (χ3v) is 5.97. The smallest absolute Gasteiger partial charge is 0.234 e. The van der Waals surface area contributed by atoms with E-state index >= 15 is 0 Å². The summed E-state index contributed by atoms with van der Waals surface area (Å²) in [6.45, 7) is 4.10. The molecule has 4 rings (SSSR count). The molecule has 0 aliphatic rings. The molecule has 8 nitrogen and oxygen atoms in total. The third kappa shape index (κ3) is 5.20. The van der Waals surface area contributed by atoms with Crippen LogP contribution in [0.2, 0.25) is 0 Å². The van der Waals surface area contributed by atoms with Gasteiger partial charge in [-0.2, -0.15) is 0 Å². The Bertz CT molecular complexity index is 1290. The number of rotatable bonds is 8. The molecule has 174 valence electrons. The second-order valence-corrected chi connectivity index (χ2v) is 8.57. The van der Waals surface area contributed by atoms with Crippen LogP contribution in [0.25, 0.3) is 17.1 Å². The molecule has 34 heavy (non-hydrogen) atoms. The number of carbonyl (C=O) groups is 1. The Morgan fingerprint density at radius 2 is 1.65 bits per heavy atom. The number of carbonyl (C=O) groups excluding carboxylic acids is 1. The molecule has 0 atom stereocenters. The molecule has 1 amide bonds. The molecule has 0 saturated heterocycles. The van der Waals surface area contributed by atoms with E-state index in [1.807, 2.05) is 16.7 Å². The number of thioether (sulfide) groups is 1. The van der Waals surface area contributed by atoms with E-state index in [1.165, 1.54) is 11.8 Å². The number of amides is 1. The van der Waals surface area contributed by atoms with Crippen molar-refractivity contribution in [2.75, 3.05) is 25.3 Å². The Morgan fingerprint density at radius 3 is 2.32 bits per heavy atom. The second-order valence-electron chi connectivity index (χ2n) is 7.63. The molecular weight excluding hydrogens is 450 g/mol. The average molecular weight is 476 g/mol. The molecule has 0 aliphatic carbocycles. The Hall–Kier alpha value is -3.85. The molecule has 1 N–H and O–H groups in total. The maximum atomic E-state index is 12.7. The van der Waals surface area contributed by atoms with Gasteiger partial charge in [0.15, 0.2) is 22.5 Å². The Kier molecular flexibility index (Phi) is 7.12. The van der Waals surface area contributed by atoms with Gasteiger partial charge < -0.3 is 14.8 Å². The van der Waals surface area contributed by atoms with Crippen molar-refractivity contribution < 1.29 is 14.3 Å². The largest absolute Gasteiger partial charge is 0.493 e. The monoisotopic (exact) mass is 475 g/mol. The van der Waals surface area contributed by atoms with E-state index in [0.29, 0.717) is 28.2 Å². The van der Waals surface area contributed by atoms with E-state index in [1.54, 1.807) is 44.8 Å². The summed E-state index contributed by atoms with van der Waals surface area (Å²) >= 11 is 1.32. The van der Waals surface area contributed by atoms with Crippen LogP contribution < -0.4 is 14.8 Å². The molecule has 9 heteroatoms. The van der Waals surface area contributed by atoms with Crippen molar-refractivity contribution in [1.82, 2.24) is 19.7 Å². The summed E-state index contributed by atoms with van der Waals surface area (Å²) in [4.78, 5) is 16.8. The van der Waals surface area contributed by atoms with Gasteiger partial charge in [-0.15, -0.1) is 10.2 Å². The summed E-state index contributed by atoms with van der Waals surface area (Å²) < 4.78 is 12.5. The lowest BCUT2D eigenvalue weighted by atomic mass is 10.1. The Labute approximate surface area is 202 Å². The van der Waals surface area contributed by atoms with Crippen LogP contribution in [-0.4, -0.2) is 45.6 Å². The number of anilines is 1. The zero-order chi connectivity index (χ0) is 24.1. The standard InChI is InChI=1S/C25H25N5O3S/c1-16-11-17(2)13-20(12-16)30-24(18-7-9-26-10-8-18)28-29-25(30)34-15-23(31)27-19-5-6-21(32-3)22(14-19)33-4/h5-14H,15H2,1-4H3,(H,27,31). The van der Waals surface area contributed by atoms with E-state index in [0.717, 1.165) is 22.4 Å². The van der Waals surface area contributed by atoms with Crippen LogP contribution in [-0.2, 0) is 4.79 Å². The topological polar surface area (TPSA) is 91.2 Å². The van der Waals surface area contributed by atoms with E-state index in [-0.39, 0.29) is 11.7 Å². The molecule has 0 saturated carbocycles. The number of hydrogen-bond acceptors (Lipinski definition) is 7. The van der Waals surface area contributed by atoms with Crippen molar-refractivity contribution in [3.8, 4) is 28.6 Å². The molecule has 0 radical (unpaired) electrons. The van der Waals surface area contributed by atoms with Gasteiger partial charge in [0.2, 0.25) is 5.91 Å². The number of ether oxygens (including phenoxy) is 2. The summed E-state index contributed by atoms with van der Waals surface area (Å²) in [5, 5.41) is 12.3. The van der Waals surface area contributed by atoms with Crippen molar-refractivity contribution in [2.45, 2.75) is 19.0 Å². The zero-order valence-corrected chi connectivity index (χ0v) is 20.2. The maximum absolute atomic E-state index is 12.7. The number of nitrogens with one attached hydrogen (secondary N) is 1. The van der Waals surface area contributed by atoms with Crippen molar-refractivity contribution in [2.24, 2.45) is 0 Å². The van der Waals surface area contributed by atoms with E-state index < -0.39 is 0 Å². The van der Waals surface area contributed by atoms with E-state index in [2.05, 4.69) is 52.5 Å². The highest BCUT2D eigenvalue weighted by Crippen LogP contribution is 2.31. The maximum Gasteiger partial charge on any atom is 0.234 e. The highest BCUT2D eigenvalue weighted by molar-refractivity contribution is 7.99. The van der Waals surface area contributed by atoms with Gasteiger partial charge >= 0.3 is 0 Å². The summed E-state index contributed by atoms with van der Waals surface area (Å²) in [6, 6.07) is 15.3. The summed E-state index contributed by atoms with van der Waals surface area (Å²) in [5.41, 5.74) is 4.72. The third-order valence-electron chi connectivity index (χ3n) is 5.04. The predicted molar refractivity (Wildman–Crippen MR) is 133 cm³/mol. The fraction of sp³-hybridized carbons (Fsp3) is 0.200. The molecule has 2 aromatic carbocycles. The number of hydrogen-bond donors (Lipinski definition) is 1. The summed E-state index contributed by atoms with van der Waals surface area (Å²) in [6.07, 6.45) is 3.44. The highest BCUT2D eigenvalue weighted by Gasteiger charge is 2.18. The first-order chi connectivity index (χ1) is 16.5. The van der Waals surface area contributed by atoms with E-state index in [4.69, 9.17) is 9.47 Å². The van der Waals surface area contributed by atoms with Gasteiger partial charge in [0.05, 0.1) is 25.7 Å². The van der Waals surface area contributed by atoms with Gasteiger partial charge in [-0.05, 0) is 61.4 Å². The first-order valence-electron chi connectivity index (χ1n) is 10.6. The molecule has 4 aromatic rings. The SMILES string of the molecule is COc1ccc(NC(=O)CSc2nnc(-c3ccncc3)n2-c2cc(C)cc(C)c2)cc1OC.